The van der Waals surface area contributed by atoms with Crippen LogP contribution in [0.5, 0.6) is 0 Å². The van der Waals surface area contributed by atoms with E-state index in [9.17, 15) is 5.11 Å². The summed E-state index contributed by atoms with van der Waals surface area (Å²) in [7, 11) is 2.11. The normalized spacial score (nSPS) is 26.1. The average molecular weight is 215 g/mol. The second kappa shape index (κ2) is 5.79. The van der Waals surface area contributed by atoms with Crippen LogP contribution in [0.1, 0.15) is 19.8 Å². The predicted octanol–water partition coefficient (Wildman–Crippen LogP) is 1.75. The molecule has 1 heterocycles. The van der Waals surface area contributed by atoms with E-state index in [1.807, 2.05) is 18.7 Å². The Hall–Kier alpha value is 0.01000. The van der Waals surface area contributed by atoms with Crippen LogP contribution in [0.25, 0.3) is 0 Å². The molecule has 0 aliphatic carbocycles. The highest BCUT2D eigenvalue weighted by atomic mass is 32.2. The van der Waals surface area contributed by atoms with Crippen molar-refractivity contribution in [1.29, 1.82) is 0 Å². The van der Waals surface area contributed by atoms with Gasteiger partial charge in [0.2, 0.25) is 0 Å². The molecule has 2 unspecified atom stereocenters. The number of thioether (sulfide) groups is 1. The molecule has 0 saturated carbocycles. The molecule has 3 heteroatoms. The summed E-state index contributed by atoms with van der Waals surface area (Å²) in [6, 6.07) is 0.341. The van der Waals surface area contributed by atoms with E-state index in [2.05, 4.69) is 18.5 Å². The zero-order valence-corrected chi connectivity index (χ0v) is 10.0. The van der Waals surface area contributed by atoms with Crippen molar-refractivity contribution < 1.29 is 5.11 Å². The number of hydrogen-bond acceptors (Lipinski definition) is 3. The minimum absolute atomic E-state index is 0.190. The van der Waals surface area contributed by atoms with Crippen LogP contribution in [0.15, 0.2) is 12.2 Å². The largest absolute Gasteiger partial charge is 0.391 e. The number of aliphatic hydroxyl groups is 1. The molecular formula is C11H21NOS. The zero-order valence-electron chi connectivity index (χ0n) is 9.20. The molecule has 14 heavy (non-hydrogen) atoms. The second-order valence-electron chi connectivity index (χ2n) is 4.19. The Bertz CT molecular complexity index is 196. The Balaban J connectivity index is 2.34. The molecule has 82 valence electrons. The zero-order chi connectivity index (χ0) is 10.6. The summed E-state index contributed by atoms with van der Waals surface area (Å²) in [6.45, 7) is 6.98. The van der Waals surface area contributed by atoms with Crippen LogP contribution in [-0.4, -0.2) is 47.3 Å². The van der Waals surface area contributed by atoms with E-state index < -0.39 is 0 Å². The van der Waals surface area contributed by atoms with Gasteiger partial charge in [-0.15, -0.1) is 6.58 Å². The first-order chi connectivity index (χ1) is 6.61. The maximum absolute atomic E-state index is 10.00. The minimum Gasteiger partial charge on any atom is -0.391 e. The van der Waals surface area contributed by atoms with E-state index in [0.717, 1.165) is 30.7 Å². The van der Waals surface area contributed by atoms with E-state index in [1.165, 1.54) is 5.75 Å². The van der Waals surface area contributed by atoms with Crippen molar-refractivity contribution in [1.82, 2.24) is 4.90 Å². The van der Waals surface area contributed by atoms with Crippen molar-refractivity contribution in [3.8, 4) is 0 Å². The van der Waals surface area contributed by atoms with Crippen LogP contribution < -0.4 is 0 Å². The van der Waals surface area contributed by atoms with Crippen LogP contribution in [0.4, 0.5) is 0 Å². The molecule has 1 aliphatic rings. The van der Waals surface area contributed by atoms with Gasteiger partial charge in [0, 0.05) is 24.1 Å². The molecule has 1 rings (SSSR count). The van der Waals surface area contributed by atoms with Gasteiger partial charge in [-0.3, -0.25) is 4.90 Å². The van der Waals surface area contributed by atoms with Gasteiger partial charge >= 0.3 is 0 Å². The standard InChI is InChI=1S/C11H21NOS/c1-9(2)4-5-11(13)10-8-14-7-6-12(10)3/h10-11,13H,1,4-8H2,2-3H3. The number of likely N-dealkylation sites (N-methyl/N-ethyl adjacent to an activating group) is 1. The SMILES string of the molecule is C=C(C)CCC(O)C1CSCCN1C. The number of hydrogen-bond donors (Lipinski definition) is 1. The average Bonchev–Trinajstić information content (AvgIpc) is 2.15. The van der Waals surface area contributed by atoms with Gasteiger partial charge in [-0.05, 0) is 26.8 Å². The van der Waals surface area contributed by atoms with Crippen molar-refractivity contribution in [3.63, 3.8) is 0 Å². The second-order valence-corrected chi connectivity index (χ2v) is 5.34. The van der Waals surface area contributed by atoms with E-state index in [4.69, 9.17) is 0 Å². The molecule has 1 fully saturated rings. The fourth-order valence-electron chi connectivity index (χ4n) is 1.70. The fourth-order valence-corrected chi connectivity index (χ4v) is 3.00. The molecule has 2 atom stereocenters. The summed E-state index contributed by atoms with van der Waals surface area (Å²) in [5.41, 5.74) is 1.16. The van der Waals surface area contributed by atoms with Crippen molar-refractivity contribution in [3.05, 3.63) is 12.2 Å². The highest BCUT2D eigenvalue weighted by Gasteiger charge is 2.25. The third kappa shape index (κ3) is 3.64. The van der Waals surface area contributed by atoms with Gasteiger partial charge in [0.1, 0.15) is 0 Å². The van der Waals surface area contributed by atoms with Gasteiger partial charge < -0.3 is 5.11 Å². The maximum Gasteiger partial charge on any atom is 0.0706 e. The lowest BCUT2D eigenvalue weighted by Gasteiger charge is -2.35. The molecule has 2 nitrogen and oxygen atoms in total. The lowest BCUT2D eigenvalue weighted by Crippen LogP contribution is -2.46. The summed E-state index contributed by atoms with van der Waals surface area (Å²) >= 11 is 1.95. The van der Waals surface area contributed by atoms with Gasteiger partial charge in [-0.25, -0.2) is 0 Å². The summed E-state index contributed by atoms with van der Waals surface area (Å²) in [6.07, 6.45) is 1.60. The summed E-state index contributed by atoms with van der Waals surface area (Å²) < 4.78 is 0. The fraction of sp³-hybridized carbons (Fsp3) is 0.818. The molecule has 0 spiro atoms. The maximum atomic E-state index is 10.00. The molecule has 0 radical (unpaired) electrons. The third-order valence-corrected chi connectivity index (χ3v) is 3.80. The van der Waals surface area contributed by atoms with E-state index in [1.54, 1.807) is 0 Å². The summed E-state index contributed by atoms with van der Waals surface area (Å²) in [5.74, 6) is 2.26. The first kappa shape index (κ1) is 12.1. The van der Waals surface area contributed by atoms with Crippen LogP contribution in [-0.2, 0) is 0 Å². The molecule has 1 N–H and O–H groups in total. The Morgan fingerprint density at radius 2 is 2.43 bits per heavy atom. The van der Waals surface area contributed by atoms with Crippen molar-refractivity contribution in [2.75, 3.05) is 25.1 Å². The summed E-state index contributed by atoms with van der Waals surface area (Å²) in [5, 5.41) is 10.00. The highest BCUT2D eigenvalue weighted by molar-refractivity contribution is 7.99. The van der Waals surface area contributed by atoms with Crippen LogP contribution in [0.3, 0.4) is 0 Å². The van der Waals surface area contributed by atoms with Gasteiger partial charge in [0.05, 0.1) is 6.10 Å². The van der Waals surface area contributed by atoms with E-state index in [-0.39, 0.29) is 6.10 Å². The summed E-state index contributed by atoms with van der Waals surface area (Å²) in [4.78, 5) is 2.28. The van der Waals surface area contributed by atoms with Crippen molar-refractivity contribution in [2.45, 2.75) is 31.9 Å². The Kier molecular flexibility index (Phi) is 4.99. The van der Waals surface area contributed by atoms with Gasteiger partial charge in [-0.2, -0.15) is 11.8 Å². The smallest absolute Gasteiger partial charge is 0.0706 e. The first-order valence-electron chi connectivity index (χ1n) is 5.21. The lowest BCUT2D eigenvalue weighted by atomic mass is 10.0. The first-order valence-corrected chi connectivity index (χ1v) is 6.37. The molecule has 0 aromatic rings. The quantitative estimate of drug-likeness (QED) is 0.723. The van der Waals surface area contributed by atoms with Crippen molar-refractivity contribution >= 4 is 11.8 Å². The highest BCUT2D eigenvalue weighted by Crippen LogP contribution is 2.20. The van der Waals surface area contributed by atoms with Crippen LogP contribution in [0.2, 0.25) is 0 Å². The van der Waals surface area contributed by atoms with E-state index in [0.29, 0.717) is 6.04 Å². The minimum atomic E-state index is -0.190. The van der Waals surface area contributed by atoms with Gasteiger partial charge in [0.15, 0.2) is 0 Å². The molecular weight excluding hydrogens is 194 g/mol. The van der Waals surface area contributed by atoms with Crippen molar-refractivity contribution in [2.24, 2.45) is 0 Å². The molecule has 0 amide bonds. The van der Waals surface area contributed by atoms with Crippen LogP contribution >= 0.6 is 11.8 Å². The monoisotopic (exact) mass is 215 g/mol. The number of nitrogens with zero attached hydrogens (tertiary/aromatic N) is 1. The van der Waals surface area contributed by atoms with Crippen LogP contribution in [0, 0.1) is 0 Å². The van der Waals surface area contributed by atoms with Gasteiger partial charge in [0.25, 0.3) is 0 Å². The lowest BCUT2D eigenvalue weighted by molar-refractivity contribution is 0.0697. The predicted molar refractivity (Wildman–Crippen MR) is 63.8 cm³/mol. The van der Waals surface area contributed by atoms with Gasteiger partial charge in [-0.1, -0.05) is 5.57 Å². The Labute approximate surface area is 91.4 Å². The molecule has 0 aromatic heterocycles. The number of rotatable bonds is 4. The number of allylic oxidation sites excluding steroid dienone is 1. The molecule has 1 aliphatic heterocycles. The molecule has 0 bridgehead atoms. The molecule has 1 saturated heterocycles. The number of aliphatic hydroxyl groups excluding tert-OH is 1. The topological polar surface area (TPSA) is 23.5 Å². The Morgan fingerprint density at radius 1 is 1.71 bits per heavy atom. The third-order valence-electron chi connectivity index (χ3n) is 2.75. The molecule has 0 aromatic carbocycles. The van der Waals surface area contributed by atoms with E-state index >= 15 is 0 Å². The Morgan fingerprint density at radius 3 is 3.00 bits per heavy atom.